The van der Waals surface area contributed by atoms with E-state index >= 15 is 0 Å². The zero-order chi connectivity index (χ0) is 29.2. The van der Waals surface area contributed by atoms with Crippen molar-refractivity contribution in [2.45, 2.75) is 24.9 Å². The van der Waals surface area contributed by atoms with Gasteiger partial charge in [-0.1, -0.05) is 91.0 Å². The predicted molar refractivity (Wildman–Crippen MR) is 154 cm³/mol. The van der Waals surface area contributed by atoms with Gasteiger partial charge < -0.3 is 9.64 Å². The largest absolute Gasteiger partial charge is 0.424 e. The highest BCUT2D eigenvalue weighted by atomic mass is 19.1. The Kier molecular flexibility index (Phi) is 5.80. The highest BCUT2D eigenvalue weighted by molar-refractivity contribution is 6.32. The first-order valence-electron chi connectivity index (χ1n) is 13.7. The van der Waals surface area contributed by atoms with Gasteiger partial charge in [-0.2, -0.15) is 0 Å². The number of nitrogens with zero attached hydrogens (tertiary/aromatic N) is 1. The van der Waals surface area contributed by atoms with Crippen LogP contribution in [0.3, 0.4) is 0 Å². The Labute approximate surface area is 241 Å². The van der Waals surface area contributed by atoms with Crippen molar-refractivity contribution < 1.29 is 28.3 Å². The van der Waals surface area contributed by atoms with Crippen LogP contribution in [-0.2, 0) is 4.79 Å². The number of esters is 1. The molecule has 1 fully saturated rings. The minimum absolute atomic E-state index is 0.213. The molecule has 7 rings (SSSR count). The molecule has 4 aromatic carbocycles. The van der Waals surface area contributed by atoms with Crippen LogP contribution in [-0.4, -0.2) is 35.4 Å². The summed E-state index contributed by atoms with van der Waals surface area (Å²) in [6.07, 6.45) is 3.59. The van der Waals surface area contributed by atoms with Gasteiger partial charge in [0.2, 0.25) is 0 Å². The number of anilines is 1. The van der Waals surface area contributed by atoms with Crippen LogP contribution < -0.4 is 9.64 Å². The Morgan fingerprint density at radius 2 is 1.45 bits per heavy atom. The molecular weight excluding hydrogens is 533 g/mol. The summed E-state index contributed by atoms with van der Waals surface area (Å²) in [6, 6.07) is 24.2. The highest BCUT2D eigenvalue weighted by Gasteiger charge is 2.71. The molecule has 3 atom stereocenters. The maximum atomic E-state index is 14.7. The smallest absolute Gasteiger partial charge is 0.308 e. The van der Waals surface area contributed by atoms with E-state index in [1.54, 1.807) is 83.8 Å². The van der Waals surface area contributed by atoms with E-state index in [0.717, 1.165) is 0 Å². The van der Waals surface area contributed by atoms with E-state index in [1.807, 2.05) is 6.07 Å². The third-order valence-corrected chi connectivity index (χ3v) is 8.60. The molecule has 3 unspecified atom stereocenters. The number of ketones is 3. The minimum Gasteiger partial charge on any atom is -0.424 e. The summed E-state index contributed by atoms with van der Waals surface area (Å²) in [5, 5.41) is 0. The van der Waals surface area contributed by atoms with Crippen LogP contribution in [0.25, 0.3) is 6.08 Å². The van der Waals surface area contributed by atoms with Crippen molar-refractivity contribution in [2.24, 2.45) is 5.41 Å². The number of fused-ring (bicyclic) bond motifs is 5. The number of benzene rings is 4. The van der Waals surface area contributed by atoms with Crippen LogP contribution in [0.4, 0.5) is 10.1 Å². The van der Waals surface area contributed by atoms with E-state index in [2.05, 4.69) is 0 Å². The molecule has 0 saturated carbocycles. The fraction of sp³-hybridized carbons (Fsp3) is 0.143. The zero-order valence-electron chi connectivity index (χ0n) is 22.5. The molecule has 2 heterocycles. The maximum absolute atomic E-state index is 14.7. The molecule has 0 radical (unpaired) electrons. The molecule has 206 valence electrons. The molecule has 1 aliphatic carbocycles. The van der Waals surface area contributed by atoms with Gasteiger partial charge in [0.25, 0.3) is 0 Å². The number of rotatable bonds is 4. The lowest BCUT2D eigenvalue weighted by atomic mass is 9.64. The Morgan fingerprint density at radius 1 is 0.810 bits per heavy atom. The first-order chi connectivity index (χ1) is 20.3. The number of carbonyl (C=O) groups excluding carboxylic acids is 4. The number of Topliss-reactive ketones (excluding diaryl/α,β-unsaturated/α-hetero) is 3. The summed E-state index contributed by atoms with van der Waals surface area (Å²) in [5.74, 6) is -2.92. The van der Waals surface area contributed by atoms with Crippen molar-refractivity contribution in [1.29, 1.82) is 0 Å². The Morgan fingerprint density at radius 3 is 2.10 bits per heavy atom. The maximum Gasteiger partial charge on any atom is 0.308 e. The first kappa shape index (κ1) is 25.8. The molecule has 0 bridgehead atoms. The Bertz CT molecular complexity index is 1790. The molecule has 7 heteroatoms. The quantitative estimate of drug-likeness (QED) is 0.131. The average Bonchev–Trinajstić information content (AvgIpc) is 3.43. The second kappa shape index (κ2) is 9.45. The zero-order valence-corrected chi connectivity index (χ0v) is 22.5. The van der Waals surface area contributed by atoms with Crippen LogP contribution in [0.5, 0.6) is 5.75 Å². The number of halogens is 1. The van der Waals surface area contributed by atoms with E-state index in [9.17, 15) is 23.6 Å². The second-order valence-electron chi connectivity index (χ2n) is 10.8. The molecule has 1 saturated heterocycles. The van der Waals surface area contributed by atoms with Crippen LogP contribution in [0.2, 0.25) is 0 Å². The molecule has 0 aromatic heterocycles. The average molecular weight is 558 g/mol. The molecule has 1 spiro atoms. The summed E-state index contributed by atoms with van der Waals surface area (Å²) in [5.41, 5.74) is 0.811. The summed E-state index contributed by atoms with van der Waals surface area (Å²) in [4.78, 5) is 57.9. The molecule has 2 aliphatic heterocycles. The topological polar surface area (TPSA) is 80.8 Å². The van der Waals surface area contributed by atoms with E-state index in [1.165, 1.54) is 31.2 Å². The summed E-state index contributed by atoms with van der Waals surface area (Å²) in [6.45, 7) is 1.29. The van der Waals surface area contributed by atoms with E-state index < -0.39 is 46.8 Å². The summed E-state index contributed by atoms with van der Waals surface area (Å²) in [7, 11) is 0. The Hall–Kier alpha value is -5.17. The van der Waals surface area contributed by atoms with Gasteiger partial charge in [-0.3, -0.25) is 19.2 Å². The number of carbonyl (C=O) groups is 4. The second-order valence-corrected chi connectivity index (χ2v) is 10.8. The fourth-order valence-electron chi connectivity index (χ4n) is 7.04. The van der Waals surface area contributed by atoms with Gasteiger partial charge in [-0.15, -0.1) is 0 Å². The molecule has 4 aromatic rings. The lowest BCUT2D eigenvalue weighted by Gasteiger charge is -2.37. The van der Waals surface area contributed by atoms with Crippen LogP contribution >= 0.6 is 0 Å². The van der Waals surface area contributed by atoms with Gasteiger partial charge in [0, 0.05) is 35.1 Å². The monoisotopic (exact) mass is 557 g/mol. The first-order valence-corrected chi connectivity index (χ1v) is 13.7. The standard InChI is InChI=1S/C35H24FNO5/c1-20(38)42-27-13-7-10-22-16-19-28-35(33(40)25-11-5-6-12-26(25)34(35)41)29(21-14-17-24(36)18-15-21)31(37(28)30(22)27)32(39)23-8-3-2-4-9-23/h2-19,28-29,31H,1H3. The van der Waals surface area contributed by atoms with Crippen LogP contribution in [0.15, 0.2) is 103 Å². The van der Waals surface area contributed by atoms with Crippen molar-refractivity contribution in [3.05, 3.63) is 137 Å². The molecule has 42 heavy (non-hydrogen) atoms. The predicted octanol–water partition coefficient (Wildman–Crippen LogP) is 6.07. The lowest BCUT2D eigenvalue weighted by Crippen LogP contribution is -2.48. The number of hydrogen-bond donors (Lipinski definition) is 0. The van der Waals surface area contributed by atoms with E-state index in [0.29, 0.717) is 22.4 Å². The number of para-hydroxylation sites is 1. The van der Waals surface area contributed by atoms with Crippen molar-refractivity contribution in [2.75, 3.05) is 4.90 Å². The molecule has 0 amide bonds. The summed E-state index contributed by atoms with van der Waals surface area (Å²) < 4.78 is 19.9. The normalized spacial score (nSPS) is 21.2. The van der Waals surface area contributed by atoms with Gasteiger partial charge in [0.05, 0.1) is 11.7 Å². The number of hydrogen-bond acceptors (Lipinski definition) is 6. The highest BCUT2D eigenvalue weighted by Crippen LogP contribution is 2.62. The van der Waals surface area contributed by atoms with E-state index in [4.69, 9.17) is 4.74 Å². The van der Waals surface area contributed by atoms with Crippen molar-refractivity contribution in [1.82, 2.24) is 0 Å². The van der Waals surface area contributed by atoms with Gasteiger partial charge >= 0.3 is 5.97 Å². The third-order valence-electron chi connectivity index (χ3n) is 8.60. The van der Waals surface area contributed by atoms with E-state index in [-0.39, 0.29) is 22.7 Å². The minimum atomic E-state index is -1.74. The van der Waals surface area contributed by atoms with Gasteiger partial charge in [-0.25, -0.2) is 4.39 Å². The molecule has 6 nitrogen and oxygen atoms in total. The number of ether oxygens (including phenoxy) is 1. The van der Waals surface area contributed by atoms with Crippen LogP contribution in [0.1, 0.15) is 55.0 Å². The SMILES string of the molecule is CC(=O)Oc1cccc2c1N1C(C(=O)c3ccccc3)C(c3ccc(F)cc3)C3(C(=O)c4ccccc4C3=O)C1C=C2. The van der Waals surface area contributed by atoms with Gasteiger partial charge in [0.1, 0.15) is 17.3 Å². The van der Waals surface area contributed by atoms with Gasteiger partial charge in [-0.05, 0) is 23.8 Å². The van der Waals surface area contributed by atoms with Crippen molar-refractivity contribution in [3.63, 3.8) is 0 Å². The van der Waals surface area contributed by atoms with Crippen molar-refractivity contribution >= 4 is 35.1 Å². The molecular formula is C35H24FNO5. The Balaban J connectivity index is 1.57. The van der Waals surface area contributed by atoms with Crippen LogP contribution in [0, 0.1) is 11.2 Å². The lowest BCUT2D eigenvalue weighted by molar-refractivity contribution is -0.131. The summed E-state index contributed by atoms with van der Waals surface area (Å²) >= 11 is 0. The third kappa shape index (κ3) is 3.49. The fourth-order valence-corrected chi connectivity index (χ4v) is 7.04. The molecule has 0 N–H and O–H groups in total. The van der Waals surface area contributed by atoms with Gasteiger partial charge in [0.15, 0.2) is 23.1 Å². The van der Waals surface area contributed by atoms with Crippen molar-refractivity contribution in [3.8, 4) is 5.75 Å². The molecule has 3 aliphatic rings.